The molecule has 0 saturated carbocycles. The summed E-state index contributed by atoms with van der Waals surface area (Å²) in [6, 6.07) is 10.0. The molecular weight excluding hydrogens is 345 g/mol. The van der Waals surface area contributed by atoms with Gasteiger partial charge in [-0.25, -0.2) is 4.98 Å². The predicted molar refractivity (Wildman–Crippen MR) is 99.6 cm³/mol. The Hall–Kier alpha value is -1.49. The van der Waals surface area contributed by atoms with Crippen LogP contribution >= 0.6 is 23.2 Å². The largest absolute Gasteiger partial charge is 0.497 e. The van der Waals surface area contributed by atoms with E-state index < -0.39 is 0 Å². The minimum atomic E-state index is 0.571. The summed E-state index contributed by atoms with van der Waals surface area (Å²) in [6.07, 6.45) is 2.70. The maximum absolute atomic E-state index is 6.25. The Bertz CT molecular complexity index is 670. The summed E-state index contributed by atoms with van der Waals surface area (Å²) in [6.45, 7) is 4.93. The zero-order valence-electron chi connectivity index (χ0n) is 13.7. The second-order valence-corrected chi connectivity index (χ2v) is 6.73. The summed E-state index contributed by atoms with van der Waals surface area (Å²) >= 11 is 12.2. The van der Waals surface area contributed by atoms with Gasteiger partial charge in [0.05, 0.1) is 17.2 Å². The number of ether oxygens (including phenoxy) is 1. The predicted octanol–water partition coefficient (Wildman–Crippen LogP) is 3.76. The highest BCUT2D eigenvalue weighted by atomic mass is 35.5. The van der Waals surface area contributed by atoms with Crippen LogP contribution in [0.1, 0.15) is 5.56 Å². The second-order valence-electron chi connectivity index (χ2n) is 5.89. The number of pyridine rings is 1. The molecule has 1 aliphatic heterocycles. The highest BCUT2D eigenvalue weighted by Gasteiger charge is 2.19. The van der Waals surface area contributed by atoms with Gasteiger partial charge in [0, 0.05) is 38.9 Å². The molecule has 1 fully saturated rings. The van der Waals surface area contributed by atoms with Crippen LogP contribution in [0.25, 0.3) is 0 Å². The van der Waals surface area contributed by atoms with Crippen molar-refractivity contribution < 1.29 is 4.74 Å². The van der Waals surface area contributed by atoms with Gasteiger partial charge in [-0.1, -0.05) is 35.3 Å². The zero-order valence-corrected chi connectivity index (χ0v) is 15.2. The molecule has 1 aliphatic rings. The van der Waals surface area contributed by atoms with Crippen molar-refractivity contribution in [3.05, 3.63) is 52.1 Å². The van der Waals surface area contributed by atoms with Gasteiger partial charge >= 0.3 is 0 Å². The Morgan fingerprint density at radius 3 is 2.42 bits per heavy atom. The van der Waals surface area contributed by atoms with E-state index in [1.807, 2.05) is 12.1 Å². The lowest BCUT2D eigenvalue weighted by Gasteiger charge is -2.35. The molecule has 1 saturated heterocycles. The number of hydrogen-bond acceptors (Lipinski definition) is 4. The number of halogens is 2. The van der Waals surface area contributed by atoms with Crippen molar-refractivity contribution in [1.29, 1.82) is 0 Å². The summed E-state index contributed by atoms with van der Waals surface area (Å²) < 4.78 is 5.19. The van der Waals surface area contributed by atoms with Gasteiger partial charge in [0.2, 0.25) is 0 Å². The molecule has 6 heteroatoms. The van der Waals surface area contributed by atoms with E-state index in [-0.39, 0.29) is 0 Å². The first kappa shape index (κ1) is 17.3. The van der Waals surface area contributed by atoms with E-state index >= 15 is 0 Å². The van der Waals surface area contributed by atoms with Crippen LogP contribution in [0.15, 0.2) is 36.5 Å². The van der Waals surface area contributed by atoms with Gasteiger partial charge in [-0.3, -0.25) is 4.90 Å². The van der Waals surface area contributed by atoms with E-state index in [4.69, 9.17) is 27.9 Å². The Balaban J connectivity index is 1.49. The first-order valence-corrected chi connectivity index (χ1v) is 8.82. The maximum Gasteiger partial charge on any atom is 0.147 e. The van der Waals surface area contributed by atoms with E-state index in [1.54, 1.807) is 19.4 Å². The molecule has 0 unspecified atom stereocenters. The molecule has 0 aliphatic carbocycles. The molecule has 0 bridgehead atoms. The zero-order chi connectivity index (χ0) is 16.9. The molecule has 0 N–H and O–H groups in total. The van der Waals surface area contributed by atoms with Crippen LogP contribution in [0.3, 0.4) is 0 Å². The van der Waals surface area contributed by atoms with Crippen molar-refractivity contribution in [3.8, 4) is 5.75 Å². The third kappa shape index (κ3) is 4.32. The Labute approximate surface area is 152 Å². The quantitative estimate of drug-likeness (QED) is 0.806. The lowest BCUT2D eigenvalue weighted by Crippen LogP contribution is -2.47. The number of benzene rings is 1. The van der Waals surface area contributed by atoms with Crippen molar-refractivity contribution in [1.82, 2.24) is 9.88 Å². The molecule has 4 nitrogen and oxygen atoms in total. The average Bonchev–Trinajstić information content (AvgIpc) is 2.61. The highest BCUT2D eigenvalue weighted by Crippen LogP contribution is 2.26. The average molecular weight is 366 g/mol. The number of methoxy groups -OCH3 is 1. The SMILES string of the molecule is COc1ccc(CCN2CCN(c3ncc(Cl)cc3Cl)CC2)cc1. The number of piperazine rings is 1. The van der Waals surface area contributed by atoms with Crippen LogP contribution in [0.4, 0.5) is 5.82 Å². The Morgan fingerprint density at radius 2 is 1.79 bits per heavy atom. The summed E-state index contributed by atoms with van der Waals surface area (Å²) in [5.41, 5.74) is 1.33. The van der Waals surface area contributed by atoms with Crippen molar-refractivity contribution in [2.24, 2.45) is 0 Å². The molecule has 24 heavy (non-hydrogen) atoms. The van der Waals surface area contributed by atoms with Crippen LogP contribution in [0.5, 0.6) is 5.75 Å². The van der Waals surface area contributed by atoms with E-state index in [0.29, 0.717) is 10.0 Å². The molecule has 2 heterocycles. The summed E-state index contributed by atoms with van der Waals surface area (Å²) in [5, 5.41) is 1.19. The lowest BCUT2D eigenvalue weighted by molar-refractivity contribution is 0.260. The molecular formula is C18H21Cl2N3O. The molecule has 0 spiro atoms. The summed E-state index contributed by atoms with van der Waals surface area (Å²) in [7, 11) is 1.69. The van der Waals surface area contributed by atoms with E-state index in [1.165, 1.54) is 5.56 Å². The van der Waals surface area contributed by atoms with Gasteiger partial charge in [-0.2, -0.15) is 0 Å². The molecule has 128 valence electrons. The van der Waals surface area contributed by atoms with Gasteiger partial charge in [-0.15, -0.1) is 0 Å². The minimum absolute atomic E-state index is 0.571. The number of anilines is 1. The first-order valence-electron chi connectivity index (χ1n) is 8.07. The smallest absolute Gasteiger partial charge is 0.147 e. The third-order valence-corrected chi connectivity index (χ3v) is 4.82. The van der Waals surface area contributed by atoms with Gasteiger partial charge in [-0.05, 0) is 30.2 Å². The molecule has 3 rings (SSSR count). The van der Waals surface area contributed by atoms with Crippen molar-refractivity contribution in [2.45, 2.75) is 6.42 Å². The Kier molecular flexibility index (Phi) is 5.82. The molecule has 2 aromatic rings. The number of hydrogen-bond donors (Lipinski definition) is 0. The number of nitrogens with zero attached hydrogens (tertiary/aromatic N) is 3. The molecule has 0 amide bonds. The number of rotatable bonds is 5. The Morgan fingerprint density at radius 1 is 1.08 bits per heavy atom. The van der Waals surface area contributed by atoms with Crippen LogP contribution in [-0.4, -0.2) is 49.7 Å². The standard InChI is InChI=1S/C18H21Cl2N3O/c1-24-16-4-2-14(3-5-16)6-7-22-8-10-23(11-9-22)18-17(20)12-15(19)13-21-18/h2-5,12-13H,6-11H2,1H3. The maximum atomic E-state index is 6.25. The summed E-state index contributed by atoms with van der Waals surface area (Å²) in [5.74, 6) is 1.73. The van der Waals surface area contributed by atoms with E-state index in [2.05, 4.69) is 26.9 Å². The van der Waals surface area contributed by atoms with E-state index in [0.717, 1.165) is 50.7 Å². The third-order valence-electron chi connectivity index (χ3n) is 4.34. The van der Waals surface area contributed by atoms with Gasteiger partial charge < -0.3 is 9.64 Å². The minimum Gasteiger partial charge on any atom is -0.497 e. The molecule has 0 radical (unpaired) electrons. The van der Waals surface area contributed by atoms with Crippen LogP contribution in [-0.2, 0) is 6.42 Å². The highest BCUT2D eigenvalue weighted by molar-refractivity contribution is 6.36. The second kappa shape index (κ2) is 8.06. The van der Waals surface area contributed by atoms with Crippen LogP contribution in [0, 0.1) is 0 Å². The number of aromatic nitrogens is 1. The fourth-order valence-corrected chi connectivity index (χ4v) is 3.40. The molecule has 1 aromatic heterocycles. The molecule has 1 aromatic carbocycles. The van der Waals surface area contributed by atoms with Gasteiger partial charge in [0.1, 0.15) is 11.6 Å². The van der Waals surface area contributed by atoms with E-state index in [9.17, 15) is 0 Å². The first-order chi connectivity index (χ1) is 11.7. The summed E-state index contributed by atoms with van der Waals surface area (Å²) in [4.78, 5) is 9.07. The topological polar surface area (TPSA) is 28.6 Å². The van der Waals surface area contributed by atoms with Crippen molar-refractivity contribution in [2.75, 3.05) is 44.7 Å². The monoisotopic (exact) mass is 365 g/mol. The van der Waals surface area contributed by atoms with Gasteiger partial charge in [0.25, 0.3) is 0 Å². The fourth-order valence-electron chi connectivity index (χ4n) is 2.90. The van der Waals surface area contributed by atoms with Crippen LogP contribution in [0.2, 0.25) is 10.0 Å². The van der Waals surface area contributed by atoms with Crippen LogP contribution < -0.4 is 9.64 Å². The van der Waals surface area contributed by atoms with Crippen molar-refractivity contribution in [3.63, 3.8) is 0 Å². The normalized spacial score (nSPS) is 15.5. The molecule has 0 atom stereocenters. The van der Waals surface area contributed by atoms with Gasteiger partial charge in [0.15, 0.2) is 0 Å². The van der Waals surface area contributed by atoms with Crippen molar-refractivity contribution >= 4 is 29.0 Å². The lowest BCUT2D eigenvalue weighted by atomic mass is 10.1. The fraction of sp³-hybridized carbons (Fsp3) is 0.389.